The predicted molar refractivity (Wildman–Crippen MR) is 80.6 cm³/mol. The molecule has 1 aliphatic carbocycles. The number of rotatable bonds is 6. The van der Waals surface area contributed by atoms with E-state index in [-0.39, 0.29) is 11.4 Å². The van der Waals surface area contributed by atoms with Gasteiger partial charge < -0.3 is 20.2 Å². The second-order valence-corrected chi connectivity index (χ2v) is 6.03. The minimum absolute atomic E-state index is 0.136. The first-order valence-electron chi connectivity index (χ1n) is 7.80. The van der Waals surface area contributed by atoms with Gasteiger partial charge in [0.05, 0.1) is 19.4 Å². The van der Waals surface area contributed by atoms with Crippen LogP contribution in [-0.2, 0) is 16.1 Å². The normalized spacial score (nSPS) is 19.7. The Hall–Kier alpha value is -1.33. The summed E-state index contributed by atoms with van der Waals surface area (Å²) in [7, 11) is 0. The van der Waals surface area contributed by atoms with Gasteiger partial charge in [-0.1, -0.05) is 25.7 Å². The van der Waals surface area contributed by atoms with Crippen LogP contribution in [0.4, 0.5) is 0 Å². The lowest BCUT2D eigenvalue weighted by Crippen LogP contribution is -2.46. The van der Waals surface area contributed by atoms with Crippen molar-refractivity contribution in [1.29, 1.82) is 0 Å². The highest BCUT2D eigenvalue weighted by Gasteiger charge is 2.28. The molecular formula is C16H26N2O3. The quantitative estimate of drug-likeness (QED) is 0.790. The number of hydrogen-bond acceptors (Lipinski definition) is 4. The van der Waals surface area contributed by atoms with Gasteiger partial charge in [-0.3, -0.25) is 4.79 Å². The van der Waals surface area contributed by atoms with Crippen molar-refractivity contribution in [1.82, 2.24) is 5.32 Å². The van der Waals surface area contributed by atoms with Crippen LogP contribution in [0.15, 0.2) is 22.8 Å². The summed E-state index contributed by atoms with van der Waals surface area (Å²) in [5.74, 6) is 0.596. The topological polar surface area (TPSA) is 77.5 Å². The molecule has 1 aliphatic rings. The molecule has 1 aromatic rings. The maximum absolute atomic E-state index is 12.0. The Labute approximate surface area is 126 Å². The van der Waals surface area contributed by atoms with Crippen LogP contribution in [0.5, 0.6) is 0 Å². The number of nitrogens with two attached hydrogens (primary N) is 1. The molecule has 1 aromatic heterocycles. The number of amides is 1. The number of ether oxygens (including phenoxy) is 1. The highest BCUT2D eigenvalue weighted by molar-refractivity contribution is 5.80. The summed E-state index contributed by atoms with van der Waals surface area (Å²) < 4.78 is 10.9. The van der Waals surface area contributed by atoms with Crippen molar-refractivity contribution in [2.45, 2.75) is 63.6 Å². The fourth-order valence-corrected chi connectivity index (χ4v) is 2.67. The van der Waals surface area contributed by atoms with Crippen LogP contribution in [0.2, 0.25) is 0 Å². The molecular weight excluding hydrogens is 268 g/mol. The molecule has 3 N–H and O–H groups in total. The summed E-state index contributed by atoms with van der Waals surface area (Å²) in [5, 5.41) is 2.80. The SMILES string of the molecule is CC(OCC1(N)CCCCCC1)C(=O)NCc1ccco1. The molecule has 1 unspecified atom stereocenters. The van der Waals surface area contributed by atoms with Gasteiger partial charge in [-0.25, -0.2) is 0 Å². The Kier molecular flexibility index (Phi) is 5.82. The van der Waals surface area contributed by atoms with Crippen LogP contribution in [0.3, 0.4) is 0 Å². The minimum Gasteiger partial charge on any atom is -0.467 e. The standard InChI is InChI=1S/C16H26N2O3/c1-13(15(19)18-11-14-7-6-10-20-14)21-12-16(17)8-4-2-3-5-9-16/h6-7,10,13H,2-5,8-9,11-12,17H2,1H3,(H,18,19). The van der Waals surface area contributed by atoms with Gasteiger partial charge in [0.15, 0.2) is 0 Å². The van der Waals surface area contributed by atoms with Crippen LogP contribution in [0.25, 0.3) is 0 Å². The third-order valence-electron chi connectivity index (χ3n) is 4.11. The van der Waals surface area contributed by atoms with Gasteiger partial charge in [-0.15, -0.1) is 0 Å². The Bertz CT molecular complexity index is 423. The molecule has 2 rings (SSSR count). The van der Waals surface area contributed by atoms with E-state index in [1.54, 1.807) is 19.3 Å². The molecule has 0 radical (unpaired) electrons. The zero-order valence-corrected chi connectivity index (χ0v) is 12.8. The van der Waals surface area contributed by atoms with Crippen LogP contribution in [0.1, 0.15) is 51.2 Å². The first-order valence-corrected chi connectivity index (χ1v) is 7.80. The predicted octanol–water partition coefficient (Wildman–Crippen LogP) is 2.35. The maximum atomic E-state index is 12.0. The maximum Gasteiger partial charge on any atom is 0.249 e. The lowest BCUT2D eigenvalue weighted by Gasteiger charge is -2.29. The van der Waals surface area contributed by atoms with E-state index in [9.17, 15) is 4.79 Å². The van der Waals surface area contributed by atoms with E-state index in [1.807, 2.05) is 6.07 Å². The van der Waals surface area contributed by atoms with Gasteiger partial charge in [0.2, 0.25) is 5.91 Å². The molecule has 1 atom stereocenters. The minimum atomic E-state index is -0.497. The molecule has 0 spiro atoms. The van der Waals surface area contributed by atoms with E-state index >= 15 is 0 Å². The molecule has 1 fully saturated rings. The number of hydrogen-bond donors (Lipinski definition) is 2. The Morgan fingerprint density at radius 3 is 2.76 bits per heavy atom. The monoisotopic (exact) mass is 294 g/mol. The Balaban J connectivity index is 1.72. The first-order chi connectivity index (χ1) is 10.1. The number of carbonyl (C=O) groups is 1. The summed E-state index contributed by atoms with van der Waals surface area (Å²) in [4.78, 5) is 12.0. The molecule has 0 aliphatic heterocycles. The summed E-state index contributed by atoms with van der Waals surface area (Å²) in [6.07, 6.45) is 7.85. The molecule has 118 valence electrons. The molecule has 0 saturated heterocycles. The van der Waals surface area contributed by atoms with Gasteiger partial charge in [-0.2, -0.15) is 0 Å². The highest BCUT2D eigenvalue weighted by Crippen LogP contribution is 2.25. The fourth-order valence-electron chi connectivity index (χ4n) is 2.67. The van der Waals surface area contributed by atoms with Crippen molar-refractivity contribution in [3.05, 3.63) is 24.2 Å². The lowest BCUT2D eigenvalue weighted by atomic mass is 9.92. The summed E-state index contributed by atoms with van der Waals surface area (Å²) in [5.41, 5.74) is 6.12. The highest BCUT2D eigenvalue weighted by atomic mass is 16.5. The van der Waals surface area contributed by atoms with Crippen molar-refractivity contribution in [2.24, 2.45) is 5.73 Å². The van der Waals surface area contributed by atoms with Crippen molar-refractivity contribution < 1.29 is 13.9 Å². The van der Waals surface area contributed by atoms with Gasteiger partial charge in [0, 0.05) is 5.54 Å². The van der Waals surface area contributed by atoms with E-state index in [0.29, 0.717) is 13.2 Å². The Morgan fingerprint density at radius 1 is 1.43 bits per heavy atom. The first kappa shape index (κ1) is 16.0. The van der Waals surface area contributed by atoms with Crippen molar-refractivity contribution in [3.8, 4) is 0 Å². The third kappa shape index (κ3) is 5.17. The number of furan rings is 1. The van der Waals surface area contributed by atoms with E-state index < -0.39 is 6.10 Å². The van der Waals surface area contributed by atoms with Gasteiger partial charge in [-0.05, 0) is 31.9 Å². The molecule has 1 amide bonds. The fraction of sp³-hybridized carbons (Fsp3) is 0.688. The van der Waals surface area contributed by atoms with Crippen LogP contribution in [-0.4, -0.2) is 24.2 Å². The van der Waals surface area contributed by atoms with Crippen molar-refractivity contribution in [3.63, 3.8) is 0 Å². The van der Waals surface area contributed by atoms with E-state index in [1.165, 1.54) is 12.8 Å². The van der Waals surface area contributed by atoms with Crippen LogP contribution in [0, 0.1) is 0 Å². The molecule has 5 heteroatoms. The average Bonchev–Trinajstić information content (AvgIpc) is 2.90. The van der Waals surface area contributed by atoms with Gasteiger partial charge in [0.25, 0.3) is 0 Å². The number of nitrogens with one attached hydrogen (secondary N) is 1. The van der Waals surface area contributed by atoms with Gasteiger partial charge >= 0.3 is 0 Å². The second-order valence-electron chi connectivity index (χ2n) is 6.03. The molecule has 1 heterocycles. The van der Waals surface area contributed by atoms with Crippen molar-refractivity contribution in [2.75, 3.05) is 6.61 Å². The van der Waals surface area contributed by atoms with E-state index in [0.717, 1.165) is 31.4 Å². The second kappa shape index (κ2) is 7.61. The molecule has 21 heavy (non-hydrogen) atoms. The van der Waals surface area contributed by atoms with Crippen molar-refractivity contribution >= 4 is 5.91 Å². The third-order valence-corrected chi connectivity index (χ3v) is 4.11. The molecule has 1 saturated carbocycles. The largest absolute Gasteiger partial charge is 0.467 e. The zero-order valence-electron chi connectivity index (χ0n) is 12.8. The van der Waals surface area contributed by atoms with E-state index in [2.05, 4.69) is 5.32 Å². The summed E-state index contributed by atoms with van der Waals surface area (Å²) in [6.45, 7) is 2.59. The smallest absolute Gasteiger partial charge is 0.249 e. The van der Waals surface area contributed by atoms with Crippen LogP contribution < -0.4 is 11.1 Å². The number of carbonyl (C=O) groups excluding carboxylic acids is 1. The van der Waals surface area contributed by atoms with Gasteiger partial charge in [0.1, 0.15) is 11.9 Å². The molecule has 0 bridgehead atoms. The average molecular weight is 294 g/mol. The Morgan fingerprint density at radius 2 is 2.14 bits per heavy atom. The zero-order chi connectivity index (χ0) is 15.1. The summed E-state index contributed by atoms with van der Waals surface area (Å²) >= 11 is 0. The molecule has 0 aromatic carbocycles. The molecule has 5 nitrogen and oxygen atoms in total. The van der Waals surface area contributed by atoms with E-state index in [4.69, 9.17) is 14.9 Å². The van der Waals surface area contributed by atoms with Crippen LogP contribution >= 0.6 is 0 Å². The lowest BCUT2D eigenvalue weighted by molar-refractivity contribution is -0.133. The summed E-state index contributed by atoms with van der Waals surface area (Å²) in [6, 6.07) is 3.62.